The third-order valence-electron chi connectivity index (χ3n) is 7.70. The number of nitrogens with zero attached hydrogens (tertiary/aromatic N) is 4. The molecule has 3 heterocycles. The fraction of sp³-hybridized carbons (Fsp3) is 0.517. The van der Waals surface area contributed by atoms with Gasteiger partial charge in [-0.25, -0.2) is 4.98 Å². The van der Waals surface area contributed by atoms with E-state index in [0.29, 0.717) is 6.04 Å². The smallest absolute Gasteiger partial charge is 0.227 e. The Labute approximate surface area is 214 Å². The molecule has 0 radical (unpaired) electrons. The number of benzene rings is 2. The minimum absolute atomic E-state index is 0.397. The standard InChI is InChI=1S/C29H39N5O2/c1-35-19-14-22-10-17-34(18-11-22)29-31-27-9-8-25(36-2)20-26(27)28(32-29)30-24-12-15-33(16-13-24)21-23-6-4-3-5-7-23/h3-9,20,22,24H,10-19,21H2,1-2H3,(H,30,31,32). The van der Waals surface area contributed by atoms with Crippen LogP contribution >= 0.6 is 0 Å². The fourth-order valence-corrected chi connectivity index (χ4v) is 5.45. The Morgan fingerprint density at radius 1 is 0.917 bits per heavy atom. The van der Waals surface area contributed by atoms with Gasteiger partial charge in [-0.3, -0.25) is 4.90 Å². The zero-order valence-corrected chi connectivity index (χ0v) is 21.7. The lowest BCUT2D eigenvalue weighted by atomic mass is 9.94. The first-order valence-electron chi connectivity index (χ1n) is 13.3. The number of aromatic nitrogens is 2. The molecular formula is C29H39N5O2. The van der Waals surface area contributed by atoms with Crippen LogP contribution in [0.25, 0.3) is 10.9 Å². The Hall–Kier alpha value is -2.90. The maximum atomic E-state index is 5.52. The number of anilines is 2. The Morgan fingerprint density at radius 2 is 1.69 bits per heavy atom. The lowest BCUT2D eigenvalue weighted by Crippen LogP contribution is -2.39. The summed E-state index contributed by atoms with van der Waals surface area (Å²) in [5, 5.41) is 4.83. The van der Waals surface area contributed by atoms with Gasteiger partial charge in [-0.05, 0) is 61.8 Å². The van der Waals surface area contributed by atoms with Crippen molar-refractivity contribution in [3.63, 3.8) is 0 Å². The van der Waals surface area contributed by atoms with E-state index in [0.717, 1.165) is 106 Å². The second kappa shape index (κ2) is 11.9. The molecule has 0 atom stereocenters. The molecule has 36 heavy (non-hydrogen) atoms. The van der Waals surface area contributed by atoms with E-state index in [2.05, 4.69) is 57.6 Å². The monoisotopic (exact) mass is 489 g/mol. The van der Waals surface area contributed by atoms with E-state index in [1.54, 1.807) is 14.2 Å². The average Bonchev–Trinajstić information content (AvgIpc) is 2.93. The summed E-state index contributed by atoms with van der Waals surface area (Å²) in [6.07, 6.45) is 5.66. The van der Waals surface area contributed by atoms with Crippen LogP contribution in [-0.2, 0) is 11.3 Å². The number of ether oxygens (including phenoxy) is 2. The summed E-state index contributed by atoms with van der Waals surface area (Å²) >= 11 is 0. The fourth-order valence-electron chi connectivity index (χ4n) is 5.45. The number of fused-ring (bicyclic) bond motifs is 1. The second-order valence-corrected chi connectivity index (χ2v) is 10.1. The van der Waals surface area contributed by atoms with E-state index in [-0.39, 0.29) is 0 Å². The number of rotatable bonds is 9. The van der Waals surface area contributed by atoms with Crippen LogP contribution in [0.4, 0.5) is 11.8 Å². The molecule has 3 aromatic rings. The highest BCUT2D eigenvalue weighted by Crippen LogP contribution is 2.31. The average molecular weight is 490 g/mol. The van der Waals surface area contributed by atoms with Crippen molar-refractivity contribution >= 4 is 22.7 Å². The quantitative estimate of drug-likeness (QED) is 0.455. The predicted octanol–water partition coefficient (Wildman–Crippen LogP) is 4.97. The largest absolute Gasteiger partial charge is 0.497 e. The van der Waals surface area contributed by atoms with Crippen LogP contribution in [0.3, 0.4) is 0 Å². The van der Waals surface area contributed by atoms with E-state index in [1.807, 2.05) is 6.07 Å². The van der Waals surface area contributed by atoms with Crippen LogP contribution in [0, 0.1) is 5.92 Å². The normalized spacial score (nSPS) is 18.0. The first-order valence-corrected chi connectivity index (χ1v) is 13.3. The van der Waals surface area contributed by atoms with Crippen molar-refractivity contribution in [3.05, 3.63) is 54.1 Å². The van der Waals surface area contributed by atoms with Crippen molar-refractivity contribution in [3.8, 4) is 5.75 Å². The molecule has 0 aliphatic carbocycles. The SMILES string of the molecule is COCCC1CCN(c2nc(NC3CCN(Cc4ccccc4)CC3)c3cc(OC)ccc3n2)CC1. The highest BCUT2D eigenvalue weighted by Gasteiger charge is 2.24. The summed E-state index contributed by atoms with van der Waals surface area (Å²) in [4.78, 5) is 14.9. The second-order valence-electron chi connectivity index (χ2n) is 10.1. The van der Waals surface area contributed by atoms with Crippen molar-refractivity contribution in [1.82, 2.24) is 14.9 Å². The van der Waals surface area contributed by atoms with Gasteiger partial charge in [-0.15, -0.1) is 0 Å². The van der Waals surface area contributed by atoms with Crippen molar-refractivity contribution < 1.29 is 9.47 Å². The Morgan fingerprint density at radius 3 is 2.42 bits per heavy atom. The Bertz CT molecular complexity index is 1110. The summed E-state index contributed by atoms with van der Waals surface area (Å²) in [6.45, 7) is 6.02. The Balaban J connectivity index is 1.29. The maximum Gasteiger partial charge on any atom is 0.227 e. The summed E-state index contributed by atoms with van der Waals surface area (Å²) in [5.41, 5.74) is 2.35. The highest BCUT2D eigenvalue weighted by molar-refractivity contribution is 5.91. The maximum absolute atomic E-state index is 5.52. The number of likely N-dealkylation sites (tertiary alicyclic amines) is 1. The van der Waals surface area contributed by atoms with Gasteiger partial charge in [-0.2, -0.15) is 4.98 Å². The summed E-state index contributed by atoms with van der Waals surface area (Å²) < 4.78 is 10.8. The lowest BCUT2D eigenvalue weighted by Gasteiger charge is -2.34. The van der Waals surface area contributed by atoms with Gasteiger partial charge < -0.3 is 19.7 Å². The molecule has 2 aromatic carbocycles. The van der Waals surface area contributed by atoms with Crippen LogP contribution in [-0.4, -0.2) is 67.9 Å². The minimum Gasteiger partial charge on any atom is -0.497 e. The van der Waals surface area contributed by atoms with E-state index in [4.69, 9.17) is 19.4 Å². The number of hydrogen-bond donors (Lipinski definition) is 1. The van der Waals surface area contributed by atoms with Gasteiger partial charge in [0.2, 0.25) is 5.95 Å². The molecule has 0 saturated carbocycles. The van der Waals surface area contributed by atoms with Gasteiger partial charge in [0.05, 0.1) is 12.6 Å². The van der Waals surface area contributed by atoms with Gasteiger partial charge in [0.15, 0.2) is 0 Å². The molecule has 0 spiro atoms. The van der Waals surface area contributed by atoms with E-state index in [9.17, 15) is 0 Å². The van der Waals surface area contributed by atoms with Crippen molar-refractivity contribution in [1.29, 1.82) is 0 Å². The lowest BCUT2D eigenvalue weighted by molar-refractivity contribution is 0.170. The van der Waals surface area contributed by atoms with Crippen LogP contribution in [0.2, 0.25) is 0 Å². The van der Waals surface area contributed by atoms with Gasteiger partial charge in [0, 0.05) is 57.9 Å². The molecule has 2 saturated heterocycles. The third-order valence-corrected chi connectivity index (χ3v) is 7.70. The molecular weight excluding hydrogens is 450 g/mol. The molecule has 2 aliphatic rings. The van der Waals surface area contributed by atoms with Crippen LogP contribution < -0.4 is 15.0 Å². The molecule has 7 heteroatoms. The van der Waals surface area contributed by atoms with Crippen molar-refractivity contribution in [2.75, 3.05) is 57.2 Å². The molecule has 5 rings (SSSR count). The molecule has 1 N–H and O–H groups in total. The van der Waals surface area contributed by atoms with E-state index < -0.39 is 0 Å². The van der Waals surface area contributed by atoms with Crippen LogP contribution in [0.1, 0.15) is 37.7 Å². The van der Waals surface area contributed by atoms with Crippen LogP contribution in [0.5, 0.6) is 5.75 Å². The van der Waals surface area contributed by atoms with Gasteiger partial charge in [0.25, 0.3) is 0 Å². The topological polar surface area (TPSA) is 62.8 Å². The molecule has 0 amide bonds. The molecule has 2 aliphatic heterocycles. The Kier molecular flexibility index (Phi) is 8.18. The van der Waals surface area contributed by atoms with Crippen molar-refractivity contribution in [2.45, 2.75) is 44.7 Å². The number of piperidine rings is 2. The molecule has 2 fully saturated rings. The molecule has 0 unspecified atom stereocenters. The third kappa shape index (κ3) is 6.08. The van der Waals surface area contributed by atoms with Gasteiger partial charge >= 0.3 is 0 Å². The number of methoxy groups -OCH3 is 2. The summed E-state index contributed by atoms with van der Waals surface area (Å²) in [5.74, 6) is 3.32. The highest BCUT2D eigenvalue weighted by atomic mass is 16.5. The molecule has 0 bridgehead atoms. The van der Waals surface area contributed by atoms with Crippen LogP contribution in [0.15, 0.2) is 48.5 Å². The first-order chi connectivity index (χ1) is 17.7. The first kappa shape index (κ1) is 24.8. The summed E-state index contributed by atoms with van der Waals surface area (Å²) in [7, 11) is 3.49. The number of hydrogen-bond acceptors (Lipinski definition) is 7. The summed E-state index contributed by atoms with van der Waals surface area (Å²) in [6, 6.07) is 17.3. The number of nitrogens with one attached hydrogen (secondary N) is 1. The minimum atomic E-state index is 0.397. The predicted molar refractivity (Wildman–Crippen MR) is 146 cm³/mol. The van der Waals surface area contributed by atoms with E-state index >= 15 is 0 Å². The zero-order chi connectivity index (χ0) is 24.7. The molecule has 1 aromatic heterocycles. The van der Waals surface area contributed by atoms with Crippen molar-refractivity contribution in [2.24, 2.45) is 5.92 Å². The molecule has 192 valence electrons. The zero-order valence-electron chi connectivity index (χ0n) is 21.7. The van der Waals surface area contributed by atoms with Gasteiger partial charge in [-0.1, -0.05) is 30.3 Å². The molecule has 7 nitrogen and oxygen atoms in total. The van der Waals surface area contributed by atoms with E-state index in [1.165, 1.54) is 5.56 Å². The van der Waals surface area contributed by atoms with Gasteiger partial charge in [0.1, 0.15) is 11.6 Å².